The molecule has 4 rings (SSSR count). The summed E-state index contributed by atoms with van der Waals surface area (Å²) in [5.74, 6) is 0.00631. The molecule has 0 N–H and O–H groups in total. The first-order chi connectivity index (χ1) is 13.9. The Hall–Kier alpha value is -1.77. The molecule has 8 heteroatoms. The van der Waals surface area contributed by atoms with Crippen LogP contribution < -0.4 is 0 Å². The zero-order valence-electron chi connectivity index (χ0n) is 17.2. The van der Waals surface area contributed by atoms with E-state index in [1.807, 2.05) is 6.92 Å². The predicted octanol–water partition coefficient (Wildman–Crippen LogP) is 4.70. The predicted molar refractivity (Wildman–Crippen MR) is 117 cm³/mol. The second-order valence-electron chi connectivity index (χ2n) is 7.72. The first-order valence-electron chi connectivity index (χ1n) is 9.93. The summed E-state index contributed by atoms with van der Waals surface area (Å²) in [6, 6.07) is 0. The third-order valence-electron chi connectivity index (χ3n) is 5.00. The molecule has 0 aliphatic carbocycles. The van der Waals surface area contributed by atoms with Gasteiger partial charge < -0.3 is 9.47 Å². The summed E-state index contributed by atoms with van der Waals surface area (Å²) in [7, 11) is 0. The molecule has 1 aliphatic rings. The van der Waals surface area contributed by atoms with Crippen LogP contribution in [0.5, 0.6) is 0 Å². The Balaban J connectivity index is 1.86. The van der Waals surface area contributed by atoms with Crippen molar-refractivity contribution < 1.29 is 14.3 Å². The van der Waals surface area contributed by atoms with Gasteiger partial charge in [-0.05, 0) is 32.8 Å². The number of fused-ring (bicyclic) bond motifs is 5. The summed E-state index contributed by atoms with van der Waals surface area (Å²) in [4.78, 5) is 26.8. The van der Waals surface area contributed by atoms with Crippen molar-refractivity contribution in [3.8, 4) is 0 Å². The number of aromatic nitrogens is 3. The Labute approximate surface area is 178 Å². The monoisotopic (exact) mass is 431 g/mol. The second kappa shape index (κ2) is 8.16. The number of esters is 1. The molecule has 1 aliphatic heterocycles. The zero-order valence-corrected chi connectivity index (χ0v) is 18.8. The molecule has 29 heavy (non-hydrogen) atoms. The van der Waals surface area contributed by atoms with E-state index in [9.17, 15) is 4.79 Å². The van der Waals surface area contributed by atoms with Crippen LogP contribution in [0.3, 0.4) is 0 Å². The highest BCUT2D eigenvalue weighted by atomic mass is 32.2. The third kappa shape index (κ3) is 3.98. The number of pyridine rings is 1. The summed E-state index contributed by atoms with van der Waals surface area (Å²) in [5, 5.41) is 1.93. The van der Waals surface area contributed by atoms with Crippen molar-refractivity contribution in [2.45, 2.75) is 64.2 Å². The van der Waals surface area contributed by atoms with Crippen molar-refractivity contribution in [3.63, 3.8) is 0 Å². The summed E-state index contributed by atoms with van der Waals surface area (Å²) in [6.07, 6.45) is 4.39. The number of thiophene rings is 1. The quantitative estimate of drug-likeness (QED) is 0.318. The summed E-state index contributed by atoms with van der Waals surface area (Å²) >= 11 is 3.01. The molecule has 6 nitrogen and oxygen atoms in total. The lowest BCUT2D eigenvalue weighted by Gasteiger charge is -2.33. The lowest BCUT2D eigenvalue weighted by atomic mass is 9.88. The molecule has 0 spiro atoms. The number of carbonyl (C=O) groups excluding carboxylic acids is 1. The van der Waals surface area contributed by atoms with Gasteiger partial charge in [0.25, 0.3) is 0 Å². The number of rotatable bonds is 6. The Morgan fingerprint density at radius 2 is 2.14 bits per heavy atom. The molecule has 154 valence electrons. The largest absolute Gasteiger partial charge is 0.465 e. The van der Waals surface area contributed by atoms with E-state index in [0.717, 1.165) is 50.4 Å². The maximum atomic E-state index is 11.8. The fourth-order valence-electron chi connectivity index (χ4n) is 3.73. The van der Waals surface area contributed by atoms with Crippen LogP contribution in [0.1, 0.15) is 50.9 Å². The molecule has 3 aromatic heterocycles. The van der Waals surface area contributed by atoms with Crippen molar-refractivity contribution in [2.24, 2.45) is 0 Å². The molecule has 0 fully saturated rings. The maximum Gasteiger partial charge on any atom is 0.316 e. The van der Waals surface area contributed by atoms with Gasteiger partial charge in [0.1, 0.15) is 16.2 Å². The van der Waals surface area contributed by atoms with E-state index in [1.165, 1.54) is 22.9 Å². The fraction of sp³-hybridized carbons (Fsp3) is 0.524. The minimum atomic E-state index is -0.231. The minimum absolute atomic E-state index is 0.215. The van der Waals surface area contributed by atoms with Gasteiger partial charge in [-0.1, -0.05) is 25.1 Å². The average Bonchev–Trinajstić information content (AvgIpc) is 3.05. The molecule has 0 atom stereocenters. The van der Waals surface area contributed by atoms with E-state index in [-0.39, 0.29) is 17.3 Å². The van der Waals surface area contributed by atoms with Crippen LogP contribution in [-0.2, 0) is 33.7 Å². The first-order valence-corrected chi connectivity index (χ1v) is 11.7. The number of thioether (sulfide) groups is 1. The molecule has 0 saturated heterocycles. The summed E-state index contributed by atoms with van der Waals surface area (Å²) in [5.41, 5.74) is 4.37. The fourth-order valence-corrected chi connectivity index (χ4v) is 5.78. The van der Waals surface area contributed by atoms with Gasteiger partial charge in [0.2, 0.25) is 0 Å². The van der Waals surface area contributed by atoms with Crippen molar-refractivity contribution in [2.75, 3.05) is 12.4 Å². The van der Waals surface area contributed by atoms with Crippen LogP contribution in [0.25, 0.3) is 20.4 Å². The Kier molecular flexibility index (Phi) is 5.77. The lowest BCUT2D eigenvalue weighted by Crippen LogP contribution is -2.32. The molecule has 0 amide bonds. The molecule has 0 bridgehead atoms. The van der Waals surface area contributed by atoms with E-state index >= 15 is 0 Å². The standard InChI is InChI=1S/C21H25N3O3S2/c1-5-7-14-13-9-27-21(3,4)8-12(13)16-17-18(29-19(16)24-14)20(23-11-22-17)28-10-15(25)26-6-2/h11H,5-10H2,1-4H3. The van der Waals surface area contributed by atoms with Crippen molar-refractivity contribution >= 4 is 49.5 Å². The lowest BCUT2D eigenvalue weighted by molar-refractivity contribution is -0.139. The topological polar surface area (TPSA) is 74.2 Å². The molecule has 0 aromatic carbocycles. The molecule has 0 saturated carbocycles. The minimum Gasteiger partial charge on any atom is -0.465 e. The van der Waals surface area contributed by atoms with Crippen molar-refractivity contribution in [3.05, 3.63) is 23.1 Å². The first kappa shape index (κ1) is 20.5. The van der Waals surface area contributed by atoms with E-state index in [1.54, 1.807) is 17.7 Å². The molecule has 0 radical (unpaired) electrons. The van der Waals surface area contributed by atoms with Gasteiger partial charge in [0, 0.05) is 23.1 Å². The van der Waals surface area contributed by atoms with E-state index in [4.69, 9.17) is 14.5 Å². The zero-order chi connectivity index (χ0) is 20.6. The summed E-state index contributed by atoms with van der Waals surface area (Å²) in [6.45, 7) is 9.22. The molecule has 4 heterocycles. The Morgan fingerprint density at radius 3 is 2.90 bits per heavy atom. The van der Waals surface area contributed by atoms with Gasteiger partial charge in [-0.2, -0.15) is 0 Å². The van der Waals surface area contributed by atoms with Gasteiger partial charge >= 0.3 is 5.97 Å². The molecule has 3 aromatic rings. The van der Waals surface area contributed by atoms with Crippen molar-refractivity contribution in [1.82, 2.24) is 15.0 Å². The van der Waals surface area contributed by atoms with Gasteiger partial charge in [-0.25, -0.2) is 15.0 Å². The number of hydrogen-bond donors (Lipinski definition) is 0. The number of aryl methyl sites for hydroxylation is 1. The number of ether oxygens (including phenoxy) is 2. The van der Waals surface area contributed by atoms with Crippen molar-refractivity contribution in [1.29, 1.82) is 0 Å². The highest BCUT2D eigenvalue weighted by Crippen LogP contribution is 2.42. The van der Waals surface area contributed by atoms with E-state index < -0.39 is 0 Å². The molecular formula is C21H25N3O3S2. The van der Waals surface area contributed by atoms with E-state index in [0.29, 0.717) is 13.2 Å². The Morgan fingerprint density at radius 1 is 1.31 bits per heavy atom. The van der Waals surface area contributed by atoms with Gasteiger partial charge in [0.15, 0.2) is 0 Å². The van der Waals surface area contributed by atoms with Crippen LogP contribution in [0, 0.1) is 0 Å². The van der Waals surface area contributed by atoms with Gasteiger partial charge in [-0.3, -0.25) is 4.79 Å². The highest BCUT2D eigenvalue weighted by molar-refractivity contribution is 8.00. The second-order valence-corrected chi connectivity index (χ2v) is 9.69. The third-order valence-corrected chi connectivity index (χ3v) is 7.17. The van der Waals surface area contributed by atoms with Crippen LogP contribution >= 0.6 is 23.1 Å². The van der Waals surface area contributed by atoms with E-state index in [2.05, 4.69) is 30.7 Å². The normalized spacial score (nSPS) is 15.6. The molecular weight excluding hydrogens is 406 g/mol. The smallest absolute Gasteiger partial charge is 0.316 e. The number of carbonyl (C=O) groups is 1. The maximum absolute atomic E-state index is 11.8. The van der Waals surface area contributed by atoms with Crippen LogP contribution in [0.4, 0.5) is 0 Å². The van der Waals surface area contributed by atoms with Crippen LogP contribution in [-0.4, -0.2) is 38.9 Å². The highest BCUT2D eigenvalue weighted by Gasteiger charge is 2.31. The number of hydrogen-bond acceptors (Lipinski definition) is 8. The average molecular weight is 432 g/mol. The van der Waals surface area contributed by atoms with Gasteiger partial charge in [-0.15, -0.1) is 11.3 Å². The van der Waals surface area contributed by atoms with Crippen LogP contribution in [0.2, 0.25) is 0 Å². The summed E-state index contributed by atoms with van der Waals surface area (Å²) < 4.78 is 12.1. The number of nitrogens with zero attached hydrogens (tertiary/aromatic N) is 3. The van der Waals surface area contributed by atoms with Crippen LogP contribution in [0.15, 0.2) is 11.4 Å². The van der Waals surface area contributed by atoms with Gasteiger partial charge in [0.05, 0.1) is 34.8 Å². The Bertz CT molecular complexity index is 1080. The SMILES string of the molecule is CCCc1nc2sc3c(SCC(=O)OCC)ncnc3c2c2c1COC(C)(C)C2. The molecule has 0 unspecified atom stereocenters.